The lowest BCUT2D eigenvalue weighted by molar-refractivity contribution is -0.385. The maximum absolute atomic E-state index is 12.0. The van der Waals surface area contributed by atoms with Gasteiger partial charge in [-0.2, -0.15) is 0 Å². The number of thiophene rings is 1. The van der Waals surface area contributed by atoms with Gasteiger partial charge in [-0.3, -0.25) is 24.5 Å². The van der Waals surface area contributed by atoms with Crippen molar-refractivity contribution in [3.63, 3.8) is 0 Å². The summed E-state index contributed by atoms with van der Waals surface area (Å²) < 4.78 is 4.85. The van der Waals surface area contributed by atoms with Gasteiger partial charge in [0.05, 0.1) is 16.2 Å². The van der Waals surface area contributed by atoms with E-state index in [1.807, 2.05) is 0 Å². The molecule has 0 aliphatic carbocycles. The molecule has 1 aromatic heterocycles. The SMILES string of the molecule is Cc1ccc(C(=O)COC(=O)CCC(=O)c2cccs2)cc1[N+](=O)[O-]. The van der Waals surface area contributed by atoms with Gasteiger partial charge >= 0.3 is 5.97 Å². The van der Waals surface area contributed by atoms with Gasteiger partial charge in [-0.05, 0) is 18.4 Å². The molecule has 0 amide bonds. The zero-order chi connectivity index (χ0) is 18.4. The zero-order valence-corrected chi connectivity index (χ0v) is 14.2. The fraction of sp³-hybridized carbons (Fsp3) is 0.235. The quantitative estimate of drug-likeness (QED) is 0.309. The smallest absolute Gasteiger partial charge is 0.306 e. The van der Waals surface area contributed by atoms with Crippen LogP contribution in [0.2, 0.25) is 0 Å². The lowest BCUT2D eigenvalue weighted by Crippen LogP contribution is -2.15. The first-order valence-corrected chi connectivity index (χ1v) is 8.27. The number of benzene rings is 1. The normalized spacial score (nSPS) is 10.3. The number of rotatable bonds is 8. The first-order chi connectivity index (χ1) is 11.9. The summed E-state index contributed by atoms with van der Waals surface area (Å²) in [5.41, 5.74) is 0.365. The molecule has 0 radical (unpaired) electrons. The van der Waals surface area contributed by atoms with Crippen LogP contribution in [-0.4, -0.2) is 29.1 Å². The number of aryl methyl sites for hydroxylation is 1. The average Bonchev–Trinajstić information content (AvgIpc) is 3.12. The fourth-order valence-electron chi connectivity index (χ4n) is 2.06. The first-order valence-electron chi connectivity index (χ1n) is 7.39. The van der Waals surface area contributed by atoms with Crippen LogP contribution < -0.4 is 0 Å². The molecule has 1 heterocycles. The fourth-order valence-corrected chi connectivity index (χ4v) is 2.75. The highest BCUT2D eigenvalue weighted by Gasteiger charge is 2.17. The zero-order valence-electron chi connectivity index (χ0n) is 13.4. The molecular weight excluding hydrogens is 346 g/mol. The van der Waals surface area contributed by atoms with E-state index in [9.17, 15) is 24.5 Å². The number of nitro groups is 1. The van der Waals surface area contributed by atoms with Crippen LogP contribution in [0.1, 0.15) is 38.4 Å². The Hall–Kier alpha value is -2.87. The van der Waals surface area contributed by atoms with Gasteiger partial charge in [0.1, 0.15) is 0 Å². The lowest BCUT2D eigenvalue weighted by Gasteiger charge is -2.05. The Bertz CT molecular complexity index is 813. The van der Waals surface area contributed by atoms with Gasteiger partial charge in [0, 0.05) is 23.6 Å². The molecule has 0 atom stereocenters. The van der Waals surface area contributed by atoms with Gasteiger partial charge in [0.25, 0.3) is 5.69 Å². The Morgan fingerprint density at radius 1 is 1.16 bits per heavy atom. The van der Waals surface area contributed by atoms with Crippen LogP contribution >= 0.6 is 11.3 Å². The summed E-state index contributed by atoms with van der Waals surface area (Å²) in [7, 11) is 0. The van der Waals surface area contributed by atoms with Crippen molar-refractivity contribution in [2.24, 2.45) is 0 Å². The third-order valence-corrected chi connectivity index (χ3v) is 4.36. The van der Waals surface area contributed by atoms with E-state index in [1.165, 1.54) is 23.5 Å². The van der Waals surface area contributed by atoms with E-state index < -0.39 is 23.3 Å². The van der Waals surface area contributed by atoms with Crippen LogP contribution in [-0.2, 0) is 9.53 Å². The summed E-state index contributed by atoms with van der Waals surface area (Å²) >= 11 is 1.29. The van der Waals surface area contributed by atoms with E-state index in [-0.39, 0.29) is 29.9 Å². The molecule has 0 unspecified atom stereocenters. The number of hydrogen-bond donors (Lipinski definition) is 0. The number of carbonyl (C=O) groups is 3. The van der Waals surface area contributed by atoms with Crippen molar-refractivity contribution >= 4 is 34.6 Å². The molecule has 0 fully saturated rings. The highest BCUT2D eigenvalue weighted by atomic mass is 32.1. The molecule has 0 saturated heterocycles. The van der Waals surface area contributed by atoms with E-state index in [4.69, 9.17) is 4.74 Å². The number of nitro benzene ring substituents is 1. The van der Waals surface area contributed by atoms with Gasteiger partial charge in [0.15, 0.2) is 12.4 Å². The summed E-state index contributed by atoms with van der Waals surface area (Å²) in [6, 6.07) is 7.49. The first kappa shape index (κ1) is 18.5. The maximum Gasteiger partial charge on any atom is 0.306 e. The number of ketones is 2. The number of nitrogens with zero attached hydrogens (tertiary/aromatic N) is 1. The molecule has 25 heavy (non-hydrogen) atoms. The van der Waals surface area contributed by atoms with Crippen LogP contribution in [0.25, 0.3) is 0 Å². The summed E-state index contributed by atoms with van der Waals surface area (Å²) in [6.07, 6.45) is -0.123. The number of esters is 1. The molecule has 2 aromatic rings. The third-order valence-electron chi connectivity index (χ3n) is 3.44. The summed E-state index contributed by atoms with van der Waals surface area (Å²) in [5.74, 6) is -1.37. The molecular formula is C17H15NO6S. The summed E-state index contributed by atoms with van der Waals surface area (Å²) in [6.45, 7) is 1.04. The van der Waals surface area contributed by atoms with Gasteiger partial charge < -0.3 is 4.74 Å². The lowest BCUT2D eigenvalue weighted by atomic mass is 10.1. The second-order valence-electron chi connectivity index (χ2n) is 5.24. The van der Waals surface area contributed by atoms with Crippen molar-refractivity contribution in [1.82, 2.24) is 0 Å². The Labute approximate surface area is 147 Å². The molecule has 0 bridgehead atoms. The van der Waals surface area contributed by atoms with Gasteiger partial charge in [0.2, 0.25) is 5.78 Å². The predicted octanol–water partition coefficient (Wildman–Crippen LogP) is 3.35. The van der Waals surface area contributed by atoms with Crippen LogP contribution in [0.5, 0.6) is 0 Å². The number of carbonyl (C=O) groups excluding carboxylic acids is 3. The van der Waals surface area contributed by atoms with Crippen molar-refractivity contribution in [2.75, 3.05) is 6.61 Å². The van der Waals surface area contributed by atoms with Gasteiger partial charge in [-0.25, -0.2) is 0 Å². The van der Waals surface area contributed by atoms with E-state index in [0.29, 0.717) is 10.4 Å². The molecule has 0 aliphatic rings. The van der Waals surface area contributed by atoms with E-state index in [0.717, 1.165) is 6.07 Å². The van der Waals surface area contributed by atoms with Crippen LogP contribution in [0.4, 0.5) is 5.69 Å². The highest BCUT2D eigenvalue weighted by Crippen LogP contribution is 2.19. The minimum atomic E-state index is -0.667. The Kier molecular flexibility index (Phi) is 6.13. The largest absolute Gasteiger partial charge is 0.457 e. The average molecular weight is 361 g/mol. The Morgan fingerprint density at radius 3 is 2.56 bits per heavy atom. The third kappa shape index (κ3) is 5.05. The molecule has 8 heteroatoms. The van der Waals surface area contributed by atoms with Crippen molar-refractivity contribution < 1.29 is 24.0 Å². The van der Waals surface area contributed by atoms with Crippen LogP contribution in [0, 0.1) is 17.0 Å². The minimum absolute atomic E-state index is 0.00351. The summed E-state index contributed by atoms with van der Waals surface area (Å²) in [4.78, 5) is 46.3. The van der Waals surface area contributed by atoms with E-state index in [1.54, 1.807) is 24.4 Å². The number of ether oxygens (including phenoxy) is 1. The van der Waals surface area contributed by atoms with E-state index in [2.05, 4.69) is 0 Å². The summed E-state index contributed by atoms with van der Waals surface area (Å²) in [5, 5.41) is 12.7. The second kappa shape index (κ2) is 8.29. The molecule has 0 spiro atoms. The van der Waals surface area contributed by atoms with Crippen molar-refractivity contribution in [3.05, 3.63) is 61.8 Å². The van der Waals surface area contributed by atoms with Crippen LogP contribution in [0.3, 0.4) is 0 Å². The van der Waals surface area contributed by atoms with Crippen molar-refractivity contribution in [2.45, 2.75) is 19.8 Å². The monoisotopic (exact) mass is 361 g/mol. The maximum atomic E-state index is 12.0. The molecule has 0 N–H and O–H groups in total. The topological polar surface area (TPSA) is 104 Å². The van der Waals surface area contributed by atoms with Crippen molar-refractivity contribution in [3.8, 4) is 0 Å². The Morgan fingerprint density at radius 2 is 1.92 bits per heavy atom. The van der Waals surface area contributed by atoms with Gasteiger partial charge in [-0.15, -0.1) is 11.3 Å². The Balaban J connectivity index is 1.85. The molecule has 2 rings (SSSR count). The molecule has 1 aromatic carbocycles. The predicted molar refractivity (Wildman–Crippen MR) is 91.0 cm³/mol. The number of hydrogen-bond acceptors (Lipinski definition) is 7. The van der Waals surface area contributed by atoms with Crippen molar-refractivity contribution in [1.29, 1.82) is 0 Å². The minimum Gasteiger partial charge on any atom is -0.457 e. The van der Waals surface area contributed by atoms with Gasteiger partial charge in [-0.1, -0.05) is 18.2 Å². The molecule has 7 nitrogen and oxygen atoms in total. The number of Topliss-reactive ketones (excluding diaryl/α,β-unsaturated/α-hetero) is 2. The molecule has 130 valence electrons. The highest BCUT2D eigenvalue weighted by molar-refractivity contribution is 7.12. The molecule has 0 aliphatic heterocycles. The second-order valence-corrected chi connectivity index (χ2v) is 6.19. The van der Waals surface area contributed by atoms with Crippen LogP contribution in [0.15, 0.2) is 35.7 Å². The molecule has 0 saturated carbocycles. The van der Waals surface area contributed by atoms with E-state index >= 15 is 0 Å². The standard InChI is InChI=1S/C17H15NO6S/c1-11-4-5-12(9-13(11)18(22)23)15(20)10-24-17(21)7-6-14(19)16-3-2-8-25-16/h2-5,8-9H,6-7,10H2,1H3.